The lowest BCUT2D eigenvalue weighted by atomic mass is 10.1. The highest BCUT2D eigenvalue weighted by Gasteiger charge is 2.22. The van der Waals surface area contributed by atoms with E-state index in [0.29, 0.717) is 50.6 Å². The van der Waals surface area contributed by atoms with Crippen molar-refractivity contribution in [1.82, 2.24) is 45.3 Å². The van der Waals surface area contributed by atoms with E-state index in [9.17, 15) is 9.59 Å². The van der Waals surface area contributed by atoms with Crippen molar-refractivity contribution in [3.8, 4) is 16.9 Å². The zero-order valence-corrected chi connectivity index (χ0v) is 23.8. The molecule has 3 heterocycles. The number of anilines is 1. The number of nitrogens with zero attached hydrogens (tertiary/aromatic N) is 7. The molecule has 0 aliphatic carbocycles. The minimum absolute atomic E-state index is 0.295. The van der Waals surface area contributed by atoms with Gasteiger partial charge in [-0.15, -0.1) is 5.10 Å². The van der Waals surface area contributed by atoms with Crippen LogP contribution in [0, 0.1) is 0 Å². The van der Waals surface area contributed by atoms with Crippen molar-refractivity contribution in [1.29, 1.82) is 0 Å². The summed E-state index contributed by atoms with van der Waals surface area (Å²) >= 11 is 12.8. The van der Waals surface area contributed by atoms with E-state index in [1.807, 2.05) is 13.1 Å². The zero-order chi connectivity index (χ0) is 29.6. The molecule has 15 heteroatoms. The fourth-order valence-electron chi connectivity index (χ4n) is 4.16. The second-order valence-electron chi connectivity index (χ2n) is 8.98. The molecule has 0 radical (unpaired) electrons. The largest absolute Gasteiger partial charge is 0.453 e. The maximum Gasteiger partial charge on any atom is 0.411 e. The first-order chi connectivity index (χ1) is 20.3. The Morgan fingerprint density at radius 2 is 1.95 bits per heavy atom. The Balaban J connectivity index is 1.40. The molecule has 3 N–H and O–H groups in total. The molecule has 1 atom stereocenters. The smallest absolute Gasteiger partial charge is 0.411 e. The van der Waals surface area contributed by atoms with Crippen LogP contribution in [-0.2, 0) is 23.0 Å². The third-order valence-corrected chi connectivity index (χ3v) is 6.76. The summed E-state index contributed by atoms with van der Waals surface area (Å²) in [5.41, 5.74) is 3.90. The number of H-pyrrole nitrogens is 1. The number of tetrazole rings is 1. The van der Waals surface area contributed by atoms with Crippen molar-refractivity contribution in [3.63, 3.8) is 0 Å². The van der Waals surface area contributed by atoms with E-state index in [0.717, 1.165) is 5.69 Å². The number of aryl methyl sites for hydroxylation is 1. The van der Waals surface area contributed by atoms with Crippen LogP contribution < -0.4 is 10.6 Å². The number of hydrogen-bond donors (Lipinski definition) is 3. The van der Waals surface area contributed by atoms with Gasteiger partial charge in [0.1, 0.15) is 23.0 Å². The van der Waals surface area contributed by atoms with E-state index in [2.05, 4.69) is 41.0 Å². The number of amides is 2. The number of hydrogen-bond acceptors (Lipinski definition) is 8. The summed E-state index contributed by atoms with van der Waals surface area (Å²) in [7, 11) is 3.11. The molecule has 214 valence electrons. The molecule has 42 heavy (non-hydrogen) atoms. The minimum Gasteiger partial charge on any atom is -0.453 e. The van der Waals surface area contributed by atoms with Gasteiger partial charge in [0.15, 0.2) is 0 Å². The van der Waals surface area contributed by atoms with Crippen LogP contribution in [-0.4, -0.2) is 59.1 Å². The number of aromatic amines is 1. The maximum atomic E-state index is 13.2. The van der Waals surface area contributed by atoms with Crippen LogP contribution >= 0.6 is 23.2 Å². The van der Waals surface area contributed by atoms with E-state index in [-0.39, 0.29) is 5.91 Å². The highest BCUT2D eigenvalue weighted by atomic mass is 35.5. The second kappa shape index (κ2) is 12.7. The van der Waals surface area contributed by atoms with Gasteiger partial charge in [-0.1, -0.05) is 35.3 Å². The predicted octanol–water partition coefficient (Wildman–Crippen LogP) is 4.38. The Kier molecular flexibility index (Phi) is 8.60. The van der Waals surface area contributed by atoms with E-state index in [1.165, 1.54) is 24.2 Å². The average Bonchev–Trinajstić information content (AvgIpc) is 3.74. The number of halogens is 2. The fraction of sp³-hybridized carbons (Fsp3) is 0.148. The molecular formula is C27H24Cl2N10O3. The fourth-order valence-corrected chi connectivity index (χ4v) is 4.59. The topological polar surface area (TPSA) is 158 Å². The number of aromatic nitrogens is 8. The molecule has 5 aromatic rings. The van der Waals surface area contributed by atoms with Crippen LogP contribution in [0.1, 0.15) is 23.1 Å². The van der Waals surface area contributed by atoms with Gasteiger partial charge in [0, 0.05) is 53.3 Å². The number of carbonyl (C=O) groups excluding carboxylic acids is 2. The number of carbonyl (C=O) groups is 2. The molecule has 0 bridgehead atoms. The van der Waals surface area contributed by atoms with Crippen molar-refractivity contribution < 1.29 is 14.3 Å². The van der Waals surface area contributed by atoms with Crippen molar-refractivity contribution in [3.05, 3.63) is 94.4 Å². The van der Waals surface area contributed by atoms with Crippen molar-refractivity contribution in [2.24, 2.45) is 7.05 Å². The van der Waals surface area contributed by atoms with Crippen LogP contribution in [0.2, 0.25) is 10.2 Å². The average molecular weight is 607 g/mol. The van der Waals surface area contributed by atoms with Gasteiger partial charge in [-0.25, -0.2) is 9.78 Å². The van der Waals surface area contributed by atoms with Gasteiger partial charge >= 0.3 is 6.09 Å². The SMILES string of the molecule is COC(=O)Nc1ccc(-c2nc(C(Cc3ccnn3C)NC(=O)/C=C/c3cc(Cl)ccc3-n3cnnn3)[nH]c2Cl)cc1. The van der Waals surface area contributed by atoms with Crippen LogP contribution in [0.3, 0.4) is 0 Å². The molecule has 0 saturated heterocycles. The van der Waals surface area contributed by atoms with E-state index in [4.69, 9.17) is 28.2 Å². The summed E-state index contributed by atoms with van der Waals surface area (Å²) in [6, 6.07) is 13.4. The first kappa shape index (κ1) is 28.5. The van der Waals surface area contributed by atoms with Gasteiger partial charge in [0.05, 0.1) is 18.8 Å². The molecule has 1 unspecified atom stereocenters. The first-order valence-electron chi connectivity index (χ1n) is 12.5. The molecule has 0 fully saturated rings. The van der Waals surface area contributed by atoms with E-state index in [1.54, 1.807) is 59.4 Å². The predicted molar refractivity (Wildman–Crippen MR) is 156 cm³/mol. The number of nitrogens with one attached hydrogen (secondary N) is 3. The van der Waals surface area contributed by atoms with Gasteiger partial charge in [0.2, 0.25) is 5.91 Å². The second-order valence-corrected chi connectivity index (χ2v) is 9.80. The highest BCUT2D eigenvalue weighted by Crippen LogP contribution is 2.29. The van der Waals surface area contributed by atoms with Gasteiger partial charge in [-0.2, -0.15) is 9.78 Å². The van der Waals surface area contributed by atoms with Crippen molar-refractivity contribution in [2.75, 3.05) is 12.4 Å². The third-order valence-electron chi connectivity index (χ3n) is 6.25. The minimum atomic E-state index is -0.581. The first-order valence-corrected chi connectivity index (χ1v) is 13.3. The lowest BCUT2D eigenvalue weighted by Gasteiger charge is -2.16. The normalized spacial score (nSPS) is 11.9. The van der Waals surface area contributed by atoms with Gasteiger partial charge in [-0.3, -0.25) is 14.8 Å². The number of benzene rings is 2. The standard InChI is InChI=1S/C27H24Cl2N10O3/c1-38-20(11-12-31-38)14-21(26-34-24(25(29)35-26)16-3-7-19(8-4-16)32-27(41)42-2)33-23(40)10-5-17-13-18(28)6-9-22(17)39-15-30-36-37-39/h3-13,15,21H,14H2,1-2H3,(H,32,41)(H,33,40)(H,34,35)/b10-5+. The summed E-state index contributed by atoms with van der Waals surface area (Å²) in [5, 5.41) is 21.9. The van der Waals surface area contributed by atoms with E-state index >= 15 is 0 Å². The molecule has 0 aliphatic rings. The zero-order valence-electron chi connectivity index (χ0n) is 22.3. The number of imidazole rings is 1. The van der Waals surface area contributed by atoms with Crippen molar-refractivity contribution >= 4 is 47.0 Å². The van der Waals surface area contributed by atoms with E-state index < -0.39 is 12.1 Å². The Morgan fingerprint density at radius 1 is 1.14 bits per heavy atom. The van der Waals surface area contributed by atoms with Gasteiger partial charge < -0.3 is 15.0 Å². The molecule has 2 aromatic carbocycles. The quantitative estimate of drug-likeness (QED) is 0.208. The molecule has 3 aromatic heterocycles. The van der Waals surface area contributed by atoms with Crippen LogP contribution in [0.5, 0.6) is 0 Å². The van der Waals surface area contributed by atoms with Gasteiger partial charge in [-0.05, 0) is 52.9 Å². The Bertz CT molecular complexity index is 1730. The van der Waals surface area contributed by atoms with Gasteiger partial charge in [0.25, 0.3) is 0 Å². The molecule has 2 amide bonds. The molecular weight excluding hydrogens is 583 g/mol. The summed E-state index contributed by atoms with van der Waals surface area (Å²) in [6.07, 6.45) is 5.96. The van der Waals surface area contributed by atoms with Crippen molar-refractivity contribution in [2.45, 2.75) is 12.5 Å². The summed E-state index contributed by atoms with van der Waals surface area (Å²) in [4.78, 5) is 32.5. The summed E-state index contributed by atoms with van der Waals surface area (Å²) < 4.78 is 7.82. The lowest BCUT2D eigenvalue weighted by Crippen LogP contribution is -2.30. The van der Waals surface area contributed by atoms with Crippen LogP contribution in [0.4, 0.5) is 10.5 Å². The molecule has 13 nitrogen and oxygen atoms in total. The van der Waals surface area contributed by atoms with Crippen LogP contribution in [0.15, 0.2) is 67.1 Å². The molecule has 5 rings (SSSR count). The Morgan fingerprint density at radius 3 is 2.64 bits per heavy atom. The third kappa shape index (κ3) is 6.65. The number of methoxy groups -OCH3 is 1. The molecule has 0 aliphatic heterocycles. The molecule has 0 saturated carbocycles. The summed E-state index contributed by atoms with van der Waals surface area (Å²) in [6.45, 7) is 0. The monoisotopic (exact) mass is 606 g/mol. The van der Waals surface area contributed by atoms with Crippen LogP contribution in [0.25, 0.3) is 23.0 Å². The number of ether oxygens (including phenoxy) is 1. The Labute approximate surface area is 249 Å². The Hall–Kier alpha value is -5.01. The number of rotatable bonds is 9. The summed E-state index contributed by atoms with van der Waals surface area (Å²) in [5.74, 6) is 0.0731. The highest BCUT2D eigenvalue weighted by molar-refractivity contribution is 6.32. The maximum absolute atomic E-state index is 13.2. The molecule has 0 spiro atoms. The lowest BCUT2D eigenvalue weighted by molar-refractivity contribution is -0.117.